The first-order valence-electron chi connectivity index (χ1n) is 8.36. The molecular formula is C19H15ClN4O3. The summed E-state index contributed by atoms with van der Waals surface area (Å²) in [6.07, 6.45) is 0.273. The minimum absolute atomic E-state index is 0.00828. The van der Waals surface area contributed by atoms with E-state index in [4.69, 9.17) is 16.0 Å². The lowest BCUT2D eigenvalue weighted by atomic mass is 10.1. The molecule has 1 aliphatic heterocycles. The largest absolute Gasteiger partial charge is 0.407 e. The molecule has 27 heavy (non-hydrogen) atoms. The fraction of sp³-hybridized carbons (Fsp3) is 0.158. The van der Waals surface area contributed by atoms with Gasteiger partial charge >= 0.3 is 6.01 Å². The molecule has 136 valence electrons. The first kappa shape index (κ1) is 17.2. The van der Waals surface area contributed by atoms with Crippen molar-refractivity contribution in [1.29, 1.82) is 0 Å². The summed E-state index contributed by atoms with van der Waals surface area (Å²) in [5, 5.41) is 10.7. The van der Waals surface area contributed by atoms with E-state index >= 15 is 0 Å². The summed E-state index contributed by atoms with van der Waals surface area (Å²) in [6.45, 7) is 0.447. The normalized spacial score (nSPS) is 16.6. The van der Waals surface area contributed by atoms with Gasteiger partial charge in [0, 0.05) is 18.7 Å². The van der Waals surface area contributed by atoms with Gasteiger partial charge in [-0.2, -0.15) is 0 Å². The number of amides is 2. The zero-order chi connectivity index (χ0) is 18.8. The van der Waals surface area contributed by atoms with Crippen molar-refractivity contribution >= 4 is 35.1 Å². The fourth-order valence-corrected chi connectivity index (χ4v) is 3.21. The summed E-state index contributed by atoms with van der Waals surface area (Å²) in [7, 11) is 0. The predicted octanol–water partition coefficient (Wildman–Crippen LogP) is 3.50. The summed E-state index contributed by atoms with van der Waals surface area (Å²) in [4.78, 5) is 26.3. The number of hydrogen-bond acceptors (Lipinski definition) is 5. The van der Waals surface area contributed by atoms with E-state index in [1.54, 1.807) is 29.2 Å². The van der Waals surface area contributed by atoms with Gasteiger partial charge in [-0.25, -0.2) is 0 Å². The van der Waals surface area contributed by atoms with Crippen LogP contribution in [-0.2, 0) is 4.79 Å². The monoisotopic (exact) mass is 382 g/mol. The smallest absolute Gasteiger partial charge is 0.322 e. The van der Waals surface area contributed by atoms with Crippen LogP contribution in [0, 0.1) is 0 Å². The molecule has 2 heterocycles. The van der Waals surface area contributed by atoms with Gasteiger partial charge in [0.1, 0.15) is 0 Å². The van der Waals surface area contributed by atoms with Crippen molar-refractivity contribution in [3.63, 3.8) is 0 Å². The lowest BCUT2D eigenvalue weighted by Crippen LogP contribution is -2.24. The van der Waals surface area contributed by atoms with E-state index in [9.17, 15) is 9.59 Å². The highest BCUT2D eigenvalue weighted by Gasteiger charge is 2.35. The minimum atomic E-state index is -0.441. The van der Waals surface area contributed by atoms with Crippen molar-refractivity contribution in [3.05, 3.63) is 71.1 Å². The summed E-state index contributed by atoms with van der Waals surface area (Å²) in [5.41, 5.74) is 1.14. The van der Waals surface area contributed by atoms with Gasteiger partial charge in [0.15, 0.2) is 0 Å². The average Bonchev–Trinajstić information content (AvgIpc) is 3.29. The van der Waals surface area contributed by atoms with Crippen LogP contribution in [-0.4, -0.2) is 28.6 Å². The number of carbonyl (C=O) groups excluding carboxylic acids is 2. The molecule has 1 aliphatic rings. The molecule has 1 atom stereocenters. The van der Waals surface area contributed by atoms with E-state index in [0.29, 0.717) is 23.0 Å². The first-order chi connectivity index (χ1) is 13.1. The number of nitrogens with zero attached hydrogens (tertiary/aromatic N) is 3. The Kier molecular flexibility index (Phi) is 4.60. The fourth-order valence-electron chi connectivity index (χ4n) is 2.99. The Labute approximate surface area is 160 Å². The van der Waals surface area contributed by atoms with Crippen LogP contribution in [0.2, 0.25) is 5.02 Å². The quantitative estimate of drug-likeness (QED) is 0.746. The molecule has 4 rings (SSSR count). The number of benzene rings is 2. The number of carbonyl (C=O) groups is 2. The first-order valence-corrected chi connectivity index (χ1v) is 8.74. The molecule has 0 saturated carbocycles. The van der Waals surface area contributed by atoms with Crippen LogP contribution in [0.4, 0.5) is 11.7 Å². The molecule has 8 heteroatoms. The van der Waals surface area contributed by atoms with E-state index in [-0.39, 0.29) is 24.3 Å². The third-order valence-corrected chi connectivity index (χ3v) is 4.65. The molecule has 0 unspecified atom stereocenters. The van der Waals surface area contributed by atoms with Crippen LogP contribution in [0.5, 0.6) is 0 Å². The molecule has 1 saturated heterocycles. The molecule has 3 aromatic rings. The minimum Gasteiger partial charge on any atom is -0.407 e. The number of anilines is 2. The van der Waals surface area contributed by atoms with Crippen LogP contribution in [0.1, 0.15) is 28.6 Å². The highest BCUT2D eigenvalue weighted by Crippen LogP contribution is 2.31. The van der Waals surface area contributed by atoms with Gasteiger partial charge in [-0.15, -0.1) is 5.10 Å². The highest BCUT2D eigenvalue weighted by atomic mass is 35.5. The number of hydrogen-bond donors (Lipinski definition) is 1. The average molecular weight is 383 g/mol. The highest BCUT2D eigenvalue weighted by molar-refractivity contribution is 6.34. The van der Waals surface area contributed by atoms with Crippen molar-refractivity contribution in [2.75, 3.05) is 16.8 Å². The Morgan fingerprint density at radius 1 is 1.11 bits per heavy atom. The van der Waals surface area contributed by atoms with Gasteiger partial charge in [0.25, 0.3) is 5.91 Å². The van der Waals surface area contributed by atoms with Gasteiger partial charge in [-0.05, 0) is 24.3 Å². The molecule has 1 aromatic heterocycles. The zero-order valence-corrected chi connectivity index (χ0v) is 14.9. The molecule has 2 amide bonds. The van der Waals surface area contributed by atoms with Crippen molar-refractivity contribution in [1.82, 2.24) is 10.2 Å². The van der Waals surface area contributed by atoms with Crippen LogP contribution in [0.15, 0.2) is 59.0 Å². The molecule has 0 spiro atoms. The third kappa shape index (κ3) is 3.54. The van der Waals surface area contributed by atoms with E-state index in [1.165, 1.54) is 0 Å². The van der Waals surface area contributed by atoms with Crippen LogP contribution >= 0.6 is 11.6 Å². The Hall–Kier alpha value is -3.19. The molecule has 0 radical (unpaired) electrons. The lowest BCUT2D eigenvalue weighted by Gasteiger charge is -2.15. The Morgan fingerprint density at radius 2 is 1.85 bits per heavy atom. The van der Waals surface area contributed by atoms with Crippen LogP contribution < -0.4 is 10.2 Å². The predicted molar refractivity (Wildman–Crippen MR) is 99.9 cm³/mol. The molecule has 1 fully saturated rings. The SMILES string of the molecule is O=C(Nc1nnc([C@@H]2CC(=O)N(c3ccccc3)C2)o1)c1ccccc1Cl. The second-order valence-electron chi connectivity index (χ2n) is 6.12. The molecule has 0 aliphatic carbocycles. The molecule has 2 aromatic carbocycles. The van der Waals surface area contributed by atoms with Crippen molar-refractivity contribution < 1.29 is 14.0 Å². The van der Waals surface area contributed by atoms with E-state index in [1.807, 2.05) is 30.3 Å². The van der Waals surface area contributed by atoms with Crippen molar-refractivity contribution in [2.45, 2.75) is 12.3 Å². The summed E-state index contributed by atoms with van der Waals surface area (Å²) in [6, 6.07) is 16.1. The summed E-state index contributed by atoms with van der Waals surface area (Å²) < 4.78 is 5.56. The number of nitrogens with one attached hydrogen (secondary N) is 1. The zero-order valence-electron chi connectivity index (χ0n) is 14.1. The molecular weight excluding hydrogens is 368 g/mol. The van der Waals surface area contributed by atoms with E-state index < -0.39 is 5.91 Å². The number of rotatable bonds is 4. The molecule has 7 nitrogen and oxygen atoms in total. The topological polar surface area (TPSA) is 88.3 Å². The third-order valence-electron chi connectivity index (χ3n) is 4.32. The Balaban J connectivity index is 1.46. The van der Waals surface area contributed by atoms with Gasteiger partial charge in [0.2, 0.25) is 11.8 Å². The number of halogens is 1. The molecule has 1 N–H and O–H groups in total. The lowest BCUT2D eigenvalue weighted by molar-refractivity contribution is -0.117. The summed E-state index contributed by atoms with van der Waals surface area (Å²) in [5.74, 6) is -0.359. The molecule has 0 bridgehead atoms. The van der Waals surface area contributed by atoms with Crippen molar-refractivity contribution in [3.8, 4) is 0 Å². The van der Waals surface area contributed by atoms with E-state index in [2.05, 4.69) is 15.5 Å². The van der Waals surface area contributed by atoms with Gasteiger partial charge in [-0.3, -0.25) is 14.9 Å². The Bertz CT molecular complexity index is 989. The van der Waals surface area contributed by atoms with Crippen molar-refractivity contribution in [2.24, 2.45) is 0 Å². The maximum atomic E-state index is 12.3. The standard InChI is InChI=1S/C19H15ClN4O3/c20-15-9-5-4-8-14(15)17(26)21-19-23-22-18(27-19)12-10-16(25)24(11-12)13-6-2-1-3-7-13/h1-9,12H,10-11H2,(H,21,23,26)/t12-/m1/s1. The Morgan fingerprint density at radius 3 is 2.63 bits per heavy atom. The van der Waals surface area contributed by atoms with Gasteiger partial charge < -0.3 is 9.32 Å². The van der Waals surface area contributed by atoms with Gasteiger partial charge in [0.05, 0.1) is 16.5 Å². The van der Waals surface area contributed by atoms with Crippen LogP contribution in [0.3, 0.4) is 0 Å². The van der Waals surface area contributed by atoms with Crippen LogP contribution in [0.25, 0.3) is 0 Å². The number of para-hydroxylation sites is 1. The maximum absolute atomic E-state index is 12.3. The van der Waals surface area contributed by atoms with Gasteiger partial charge in [-0.1, -0.05) is 47.0 Å². The number of aromatic nitrogens is 2. The second kappa shape index (κ2) is 7.20. The van der Waals surface area contributed by atoms with E-state index in [0.717, 1.165) is 5.69 Å². The summed E-state index contributed by atoms with van der Waals surface area (Å²) >= 11 is 6.01. The maximum Gasteiger partial charge on any atom is 0.322 e. The second-order valence-corrected chi connectivity index (χ2v) is 6.53.